The largest absolute Gasteiger partial charge is 0.492 e. The Morgan fingerprint density at radius 3 is 3.05 bits per heavy atom. The van der Waals surface area contributed by atoms with Crippen LogP contribution in [0.2, 0.25) is 5.02 Å². The molecule has 2 atom stereocenters. The van der Waals surface area contributed by atoms with Crippen molar-refractivity contribution in [2.24, 2.45) is 17.6 Å². The quantitative estimate of drug-likeness (QED) is 0.889. The van der Waals surface area contributed by atoms with Gasteiger partial charge in [-0.05, 0) is 48.9 Å². The molecule has 1 aliphatic heterocycles. The lowest BCUT2D eigenvalue weighted by atomic mass is 9.96. The molecule has 1 aromatic carbocycles. The van der Waals surface area contributed by atoms with Gasteiger partial charge in [0.15, 0.2) is 0 Å². The summed E-state index contributed by atoms with van der Waals surface area (Å²) in [5.74, 6) is 1.28. The van der Waals surface area contributed by atoms with Crippen molar-refractivity contribution in [3.05, 3.63) is 28.8 Å². The molecule has 1 fully saturated rings. The molecule has 3 N–H and O–H groups in total. The van der Waals surface area contributed by atoms with E-state index in [1.165, 1.54) is 12.8 Å². The van der Waals surface area contributed by atoms with E-state index >= 15 is 0 Å². The summed E-state index contributed by atoms with van der Waals surface area (Å²) >= 11 is 5.98. The van der Waals surface area contributed by atoms with Crippen LogP contribution in [0.5, 0.6) is 5.75 Å². The standard InChI is InChI=1S/C15H19ClN2O2/c16-12-3-4-14-10(6-12)5-11(8-20-14)15(19)18-7-13(17)9-1-2-9/h3-4,6,9,11,13H,1-2,5,7-8,17H2,(H,18,19). The smallest absolute Gasteiger partial charge is 0.226 e. The molecule has 108 valence electrons. The van der Waals surface area contributed by atoms with Crippen molar-refractivity contribution in [3.8, 4) is 5.75 Å². The van der Waals surface area contributed by atoms with Crippen molar-refractivity contribution in [1.29, 1.82) is 0 Å². The maximum atomic E-state index is 12.2. The average Bonchev–Trinajstić information content (AvgIpc) is 3.28. The van der Waals surface area contributed by atoms with Gasteiger partial charge in [-0.25, -0.2) is 0 Å². The van der Waals surface area contributed by atoms with Gasteiger partial charge in [0.25, 0.3) is 0 Å². The number of amides is 1. The predicted octanol–water partition coefficient (Wildman–Crippen LogP) is 1.74. The summed E-state index contributed by atoms with van der Waals surface area (Å²) in [6.45, 7) is 0.974. The predicted molar refractivity (Wildman–Crippen MR) is 77.9 cm³/mol. The first kappa shape index (κ1) is 13.7. The number of hydrogen-bond donors (Lipinski definition) is 2. The second kappa shape index (κ2) is 5.62. The molecule has 0 saturated heterocycles. The van der Waals surface area contributed by atoms with Gasteiger partial charge in [-0.3, -0.25) is 4.79 Å². The topological polar surface area (TPSA) is 64.3 Å². The summed E-state index contributed by atoms with van der Waals surface area (Å²) in [6, 6.07) is 5.61. The van der Waals surface area contributed by atoms with Crippen LogP contribution >= 0.6 is 11.6 Å². The zero-order chi connectivity index (χ0) is 14.1. The number of carbonyl (C=O) groups excluding carboxylic acids is 1. The van der Waals surface area contributed by atoms with E-state index in [0.29, 0.717) is 30.5 Å². The van der Waals surface area contributed by atoms with Gasteiger partial charge in [0, 0.05) is 17.6 Å². The van der Waals surface area contributed by atoms with Gasteiger partial charge in [-0.2, -0.15) is 0 Å². The van der Waals surface area contributed by atoms with E-state index in [0.717, 1.165) is 11.3 Å². The highest BCUT2D eigenvalue weighted by Crippen LogP contribution is 2.32. The van der Waals surface area contributed by atoms with Crippen molar-refractivity contribution in [3.63, 3.8) is 0 Å². The van der Waals surface area contributed by atoms with Crippen molar-refractivity contribution >= 4 is 17.5 Å². The molecule has 2 unspecified atom stereocenters. The number of nitrogens with two attached hydrogens (primary N) is 1. The van der Waals surface area contributed by atoms with Gasteiger partial charge in [-0.1, -0.05) is 11.6 Å². The van der Waals surface area contributed by atoms with Crippen molar-refractivity contribution in [2.75, 3.05) is 13.2 Å². The summed E-state index contributed by atoms with van der Waals surface area (Å²) in [6.07, 6.45) is 3.05. The Kier molecular flexibility index (Phi) is 3.85. The summed E-state index contributed by atoms with van der Waals surface area (Å²) in [7, 11) is 0. The number of hydrogen-bond acceptors (Lipinski definition) is 3. The fourth-order valence-corrected chi connectivity index (χ4v) is 2.78. The molecule has 0 spiro atoms. The Labute approximate surface area is 123 Å². The van der Waals surface area contributed by atoms with E-state index in [4.69, 9.17) is 22.1 Å². The molecular formula is C15H19ClN2O2. The van der Waals surface area contributed by atoms with E-state index in [9.17, 15) is 4.79 Å². The van der Waals surface area contributed by atoms with Crippen LogP contribution in [0.1, 0.15) is 18.4 Å². The maximum Gasteiger partial charge on any atom is 0.226 e. The lowest BCUT2D eigenvalue weighted by Gasteiger charge is -2.25. The minimum absolute atomic E-state index is 0.0201. The van der Waals surface area contributed by atoms with Crippen LogP contribution in [0.4, 0.5) is 0 Å². The highest BCUT2D eigenvalue weighted by atomic mass is 35.5. The minimum atomic E-state index is -0.160. The highest BCUT2D eigenvalue weighted by molar-refractivity contribution is 6.30. The van der Waals surface area contributed by atoms with E-state index < -0.39 is 0 Å². The molecule has 20 heavy (non-hydrogen) atoms. The van der Waals surface area contributed by atoms with E-state index in [-0.39, 0.29) is 17.9 Å². The number of halogens is 1. The molecule has 1 heterocycles. The van der Waals surface area contributed by atoms with Crippen molar-refractivity contribution in [2.45, 2.75) is 25.3 Å². The molecule has 5 heteroatoms. The Balaban J connectivity index is 1.56. The molecule has 0 bridgehead atoms. The lowest BCUT2D eigenvalue weighted by Crippen LogP contribution is -2.43. The van der Waals surface area contributed by atoms with Crippen LogP contribution in [-0.2, 0) is 11.2 Å². The molecule has 1 aromatic rings. The highest BCUT2D eigenvalue weighted by Gasteiger charge is 2.30. The molecule has 0 aromatic heterocycles. The summed E-state index contributed by atoms with van der Waals surface area (Å²) in [4.78, 5) is 12.2. The number of nitrogens with one attached hydrogen (secondary N) is 1. The molecule has 3 rings (SSSR count). The lowest BCUT2D eigenvalue weighted by molar-refractivity contribution is -0.126. The maximum absolute atomic E-state index is 12.2. The van der Waals surface area contributed by atoms with Gasteiger partial charge in [0.2, 0.25) is 5.91 Å². The fourth-order valence-electron chi connectivity index (χ4n) is 2.59. The van der Waals surface area contributed by atoms with Crippen molar-refractivity contribution < 1.29 is 9.53 Å². The Hall–Kier alpha value is -1.26. The van der Waals surface area contributed by atoms with Gasteiger partial charge in [0.05, 0.1) is 5.92 Å². The number of carbonyl (C=O) groups is 1. The Bertz CT molecular complexity index is 517. The van der Waals surface area contributed by atoms with Crippen LogP contribution in [0, 0.1) is 11.8 Å². The summed E-state index contributed by atoms with van der Waals surface area (Å²) in [5, 5.41) is 3.61. The number of fused-ring (bicyclic) bond motifs is 1. The first-order chi connectivity index (χ1) is 9.63. The first-order valence-corrected chi connectivity index (χ1v) is 7.46. The van der Waals surface area contributed by atoms with Crippen molar-refractivity contribution in [1.82, 2.24) is 5.32 Å². The van der Waals surface area contributed by atoms with Gasteiger partial charge >= 0.3 is 0 Å². The zero-order valence-electron chi connectivity index (χ0n) is 11.3. The minimum Gasteiger partial charge on any atom is -0.492 e. The zero-order valence-corrected chi connectivity index (χ0v) is 12.0. The SMILES string of the molecule is NC(CNC(=O)C1COc2ccc(Cl)cc2C1)C1CC1. The van der Waals surface area contributed by atoms with Crippen LogP contribution in [0.15, 0.2) is 18.2 Å². The molecular weight excluding hydrogens is 276 g/mol. The van der Waals surface area contributed by atoms with E-state index in [1.54, 1.807) is 6.07 Å². The van der Waals surface area contributed by atoms with Crippen LogP contribution in [0.3, 0.4) is 0 Å². The van der Waals surface area contributed by atoms with E-state index in [2.05, 4.69) is 5.32 Å². The molecule has 1 saturated carbocycles. The first-order valence-electron chi connectivity index (χ1n) is 7.08. The molecule has 1 aliphatic carbocycles. The van der Waals surface area contributed by atoms with Gasteiger partial charge < -0.3 is 15.8 Å². The summed E-state index contributed by atoms with van der Waals surface area (Å²) < 4.78 is 5.63. The monoisotopic (exact) mass is 294 g/mol. The second-order valence-corrected chi connectivity index (χ2v) is 6.15. The average molecular weight is 295 g/mol. The third-order valence-corrected chi connectivity index (χ3v) is 4.27. The van der Waals surface area contributed by atoms with Crippen LogP contribution in [0.25, 0.3) is 0 Å². The normalized spacial score (nSPS) is 22.6. The molecule has 2 aliphatic rings. The third-order valence-electron chi connectivity index (χ3n) is 4.04. The molecule has 4 nitrogen and oxygen atoms in total. The van der Waals surface area contributed by atoms with Crippen LogP contribution in [-0.4, -0.2) is 25.1 Å². The third kappa shape index (κ3) is 3.07. The number of benzene rings is 1. The summed E-state index contributed by atoms with van der Waals surface area (Å²) in [5.41, 5.74) is 6.99. The fraction of sp³-hybridized carbons (Fsp3) is 0.533. The number of ether oxygens (including phenoxy) is 1. The van der Waals surface area contributed by atoms with E-state index in [1.807, 2.05) is 12.1 Å². The van der Waals surface area contributed by atoms with Crippen LogP contribution < -0.4 is 15.8 Å². The Morgan fingerprint density at radius 2 is 2.30 bits per heavy atom. The second-order valence-electron chi connectivity index (χ2n) is 5.71. The Morgan fingerprint density at radius 1 is 1.50 bits per heavy atom. The molecule has 1 amide bonds. The number of rotatable bonds is 4. The molecule has 0 radical (unpaired) electrons. The van der Waals surface area contributed by atoms with Gasteiger partial charge in [-0.15, -0.1) is 0 Å². The van der Waals surface area contributed by atoms with Gasteiger partial charge in [0.1, 0.15) is 12.4 Å².